The first-order valence-electron chi connectivity index (χ1n) is 7.80. The van der Waals surface area contributed by atoms with Crippen molar-refractivity contribution in [3.63, 3.8) is 0 Å². The predicted molar refractivity (Wildman–Crippen MR) is 106 cm³/mol. The molecule has 1 amide bonds. The van der Waals surface area contributed by atoms with Crippen LogP contribution in [-0.4, -0.2) is 37.1 Å². The minimum atomic E-state index is -4.72. The summed E-state index contributed by atoms with van der Waals surface area (Å²) in [5.74, 6) is -0.156. The molecule has 0 aliphatic heterocycles. The Morgan fingerprint density at radius 1 is 1.11 bits per heavy atom. The van der Waals surface area contributed by atoms with Crippen LogP contribution < -0.4 is 21.1 Å². The van der Waals surface area contributed by atoms with E-state index in [1.165, 1.54) is 24.3 Å². The number of rotatable bonds is 6. The van der Waals surface area contributed by atoms with Crippen molar-refractivity contribution >= 4 is 36.0 Å². The fourth-order valence-electron chi connectivity index (χ4n) is 1.70. The maximum Gasteiger partial charge on any atom is 0.573 e. The van der Waals surface area contributed by atoms with Crippen LogP contribution in [-0.2, 0) is 11.3 Å². The highest BCUT2D eigenvalue weighted by Gasteiger charge is 2.30. The minimum absolute atomic E-state index is 0. The fourth-order valence-corrected chi connectivity index (χ4v) is 1.70. The zero-order chi connectivity index (χ0) is 19.8. The van der Waals surface area contributed by atoms with Gasteiger partial charge < -0.3 is 25.8 Å². The number of carbonyl (C=O) groups is 1. The number of ether oxygens (including phenoxy) is 2. The third kappa shape index (κ3) is 13.0. The van der Waals surface area contributed by atoms with Crippen LogP contribution in [0.3, 0.4) is 0 Å². The summed E-state index contributed by atoms with van der Waals surface area (Å²) in [4.78, 5) is 15.5. The molecule has 0 saturated heterocycles. The Bertz CT molecular complexity index is 617. The number of nitrogens with one attached hydrogen (secondary N) is 2. The molecule has 7 nitrogen and oxygen atoms in total. The Balaban J connectivity index is 0.00000676. The van der Waals surface area contributed by atoms with Crippen molar-refractivity contribution < 1.29 is 27.4 Å². The van der Waals surface area contributed by atoms with Gasteiger partial charge in [0, 0.05) is 13.1 Å². The predicted octanol–water partition coefficient (Wildman–Crippen LogP) is 3.13. The highest BCUT2D eigenvalue weighted by Crippen LogP contribution is 2.22. The molecule has 11 heteroatoms. The van der Waals surface area contributed by atoms with E-state index in [0.717, 1.165) is 0 Å². The smallest absolute Gasteiger partial charge is 0.444 e. The number of amides is 1. The number of nitrogens with zero attached hydrogens (tertiary/aromatic N) is 1. The number of carbonyl (C=O) groups excluding carboxylic acids is 1. The normalized spacial score (nSPS) is 12.0. The molecular formula is C16H24F3IN4O3. The van der Waals surface area contributed by atoms with Gasteiger partial charge in [0.05, 0.1) is 6.54 Å². The molecular weight excluding hydrogens is 480 g/mol. The van der Waals surface area contributed by atoms with E-state index < -0.39 is 18.1 Å². The average molecular weight is 504 g/mol. The minimum Gasteiger partial charge on any atom is -0.444 e. The molecule has 0 aliphatic carbocycles. The summed E-state index contributed by atoms with van der Waals surface area (Å²) in [7, 11) is 0. The van der Waals surface area contributed by atoms with Crippen LogP contribution in [0.4, 0.5) is 18.0 Å². The molecule has 1 rings (SSSR count). The number of alkyl carbamates (subject to hydrolysis) is 1. The largest absolute Gasteiger partial charge is 0.573 e. The zero-order valence-corrected chi connectivity index (χ0v) is 17.6. The van der Waals surface area contributed by atoms with Crippen molar-refractivity contribution in [1.29, 1.82) is 0 Å². The number of hydrogen-bond acceptors (Lipinski definition) is 4. The molecule has 0 unspecified atom stereocenters. The van der Waals surface area contributed by atoms with Crippen molar-refractivity contribution in [3.8, 4) is 5.75 Å². The molecule has 0 bridgehead atoms. The average Bonchev–Trinajstić information content (AvgIpc) is 2.47. The first-order valence-corrected chi connectivity index (χ1v) is 7.80. The van der Waals surface area contributed by atoms with Gasteiger partial charge in [0.1, 0.15) is 11.4 Å². The summed E-state index contributed by atoms with van der Waals surface area (Å²) in [6, 6.07) is 5.32. The van der Waals surface area contributed by atoms with E-state index in [4.69, 9.17) is 10.5 Å². The van der Waals surface area contributed by atoms with Gasteiger partial charge in [-0.05, 0) is 38.5 Å². The van der Waals surface area contributed by atoms with Gasteiger partial charge in [-0.1, -0.05) is 12.1 Å². The molecule has 0 heterocycles. The van der Waals surface area contributed by atoms with Crippen LogP contribution in [0.1, 0.15) is 26.3 Å². The monoisotopic (exact) mass is 504 g/mol. The summed E-state index contributed by atoms with van der Waals surface area (Å²) >= 11 is 0. The summed E-state index contributed by atoms with van der Waals surface area (Å²) < 4.78 is 45.1. The SMILES string of the molecule is CC(C)(C)OC(=O)NCCNC(N)=NCc1ccc(OC(F)(F)F)cc1.I. The van der Waals surface area contributed by atoms with Gasteiger partial charge in [-0.3, -0.25) is 0 Å². The Labute approximate surface area is 172 Å². The second-order valence-electron chi connectivity index (χ2n) is 6.25. The van der Waals surface area contributed by atoms with Gasteiger partial charge in [0.15, 0.2) is 5.96 Å². The number of guanidine groups is 1. The Hall–Kier alpha value is -1.92. The quantitative estimate of drug-likeness (QED) is 0.240. The lowest BCUT2D eigenvalue weighted by Crippen LogP contribution is -2.40. The molecule has 0 spiro atoms. The molecule has 0 radical (unpaired) electrons. The highest BCUT2D eigenvalue weighted by molar-refractivity contribution is 14.0. The van der Waals surface area contributed by atoms with Gasteiger partial charge in [-0.25, -0.2) is 9.79 Å². The Morgan fingerprint density at radius 2 is 1.67 bits per heavy atom. The van der Waals surface area contributed by atoms with Crippen molar-refractivity contribution in [2.75, 3.05) is 13.1 Å². The topological polar surface area (TPSA) is 98.0 Å². The lowest BCUT2D eigenvalue weighted by molar-refractivity contribution is -0.274. The molecule has 0 aromatic heterocycles. The molecule has 4 N–H and O–H groups in total. The van der Waals surface area contributed by atoms with E-state index in [1.807, 2.05) is 0 Å². The van der Waals surface area contributed by atoms with Crippen LogP contribution in [0.5, 0.6) is 5.75 Å². The Kier molecular flexibility index (Phi) is 10.3. The van der Waals surface area contributed by atoms with E-state index in [2.05, 4.69) is 20.4 Å². The zero-order valence-electron chi connectivity index (χ0n) is 15.2. The number of halogens is 4. The van der Waals surface area contributed by atoms with Crippen molar-refractivity contribution in [1.82, 2.24) is 10.6 Å². The van der Waals surface area contributed by atoms with Gasteiger partial charge in [-0.2, -0.15) is 0 Å². The second kappa shape index (κ2) is 11.0. The number of benzene rings is 1. The van der Waals surface area contributed by atoms with Crippen LogP contribution in [0.15, 0.2) is 29.3 Å². The van der Waals surface area contributed by atoms with Crippen LogP contribution in [0.25, 0.3) is 0 Å². The lowest BCUT2D eigenvalue weighted by atomic mass is 10.2. The van der Waals surface area contributed by atoms with Gasteiger partial charge >= 0.3 is 12.5 Å². The van der Waals surface area contributed by atoms with Gasteiger partial charge in [-0.15, -0.1) is 37.1 Å². The maximum atomic E-state index is 12.1. The summed E-state index contributed by atoms with van der Waals surface area (Å²) in [6.07, 6.45) is -5.25. The van der Waals surface area contributed by atoms with E-state index in [1.54, 1.807) is 20.8 Å². The maximum absolute atomic E-state index is 12.1. The van der Waals surface area contributed by atoms with Gasteiger partial charge in [0.25, 0.3) is 0 Å². The van der Waals surface area contributed by atoms with E-state index >= 15 is 0 Å². The molecule has 154 valence electrons. The molecule has 1 aromatic rings. The number of alkyl halides is 3. The van der Waals surface area contributed by atoms with Crippen LogP contribution in [0.2, 0.25) is 0 Å². The number of hydrogen-bond donors (Lipinski definition) is 3. The third-order valence-corrected chi connectivity index (χ3v) is 2.69. The summed E-state index contributed by atoms with van der Waals surface area (Å²) in [5, 5.41) is 5.35. The molecule has 0 atom stereocenters. The van der Waals surface area contributed by atoms with E-state index in [0.29, 0.717) is 12.1 Å². The lowest BCUT2D eigenvalue weighted by Gasteiger charge is -2.19. The molecule has 1 aromatic carbocycles. The molecule has 0 saturated carbocycles. The molecule has 0 fully saturated rings. The first kappa shape index (κ1) is 25.1. The first-order chi connectivity index (χ1) is 11.9. The second-order valence-corrected chi connectivity index (χ2v) is 6.25. The molecule has 0 aliphatic rings. The highest BCUT2D eigenvalue weighted by atomic mass is 127. The van der Waals surface area contributed by atoms with Gasteiger partial charge in [0.2, 0.25) is 0 Å². The number of aliphatic imine (C=N–C) groups is 1. The van der Waals surface area contributed by atoms with Crippen molar-refractivity contribution in [2.45, 2.75) is 39.3 Å². The van der Waals surface area contributed by atoms with Crippen LogP contribution in [0, 0.1) is 0 Å². The standard InChI is InChI=1S/C16H23F3N4O3.HI/c1-15(2,3)26-14(24)22-9-8-21-13(20)23-10-11-4-6-12(7-5-11)25-16(17,18)19;/h4-7H,8-10H2,1-3H3,(H,22,24)(H3,20,21,23);1H. The fraction of sp³-hybridized carbons (Fsp3) is 0.500. The molecule has 27 heavy (non-hydrogen) atoms. The number of nitrogens with two attached hydrogens (primary N) is 1. The van der Waals surface area contributed by atoms with Crippen molar-refractivity contribution in [2.24, 2.45) is 10.7 Å². The van der Waals surface area contributed by atoms with E-state index in [9.17, 15) is 18.0 Å². The van der Waals surface area contributed by atoms with Crippen LogP contribution >= 0.6 is 24.0 Å². The summed E-state index contributed by atoms with van der Waals surface area (Å²) in [5.41, 5.74) is 5.77. The van der Waals surface area contributed by atoms with E-state index in [-0.39, 0.29) is 48.8 Å². The van der Waals surface area contributed by atoms with Crippen molar-refractivity contribution in [3.05, 3.63) is 29.8 Å². The summed E-state index contributed by atoms with van der Waals surface area (Å²) in [6.45, 7) is 6.10. The third-order valence-electron chi connectivity index (χ3n) is 2.69. The Morgan fingerprint density at radius 3 is 2.19 bits per heavy atom.